The number of benzene rings is 2. The summed E-state index contributed by atoms with van der Waals surface area (Å²) in [5, 5.41) is 2.20. The van der Waals surface area contributed by atoms with Gasteiger partial charge in [0.05, 0.1) is 11.0 Å². The second-order valence-corrected chi connectivity index (χ2v) is 8.40. The number of carbonyl (C=O) groups is 3. The molecule has 0 unspecified atom stereocenters. The van der Waals surface area contributed by atoms with E-state index in [0.29, 0.717) is 30.4 Å². The molecule has 166 valence electrons. The van der Waals surface area contributed by atoms with Gasteiger partial charge in [-0.3, -0.25) is 19.3 Å². The lowest BCUT2D eigenvalue weighted by Gasteiger charge is -2.19. The molecule has 8 nitrogen and oxygen atoms in total. The minimum Gasteiger partial charge on any atom is -0.491 e. The first kappa shape index (κ1) is 21.8. The van der Waals surface area contributed by atoms with Crippen molar-refractivity contribution in [3.05, 3.63) is 52.9 Å². The first-order valence-corrected chi connectivity index (χ1v) is 10.9. The Morgan fingerprint density at radius 3 is 2.56 bits per heavy atom. The predicted molar refractivity (Wildman–Crippen MR) is 121 cm³/mol. The van der Waals surface area contributed by atoms with E-state index in [9.17, 15) is 14.4 Å². The molecule has 2 aromatic carbocycles. The molecular weight excluding hydrogens is 432 g/mol. The highest BCUT2D eigenvalue weighted by Crippen LogP contribution is 2.34. The summed E-state index contributed by atoms with van der Waals surface area (Å²) in [6.07, 6.45) is 1.69. The van der Waals surface area contributed by atoms with Crippen LogP contribution in [0.1, 0.15) is 19.4 Å². The van der Waals surface area contributed by atoms with Gasteiger partial charge >= 0.3 is 0 Å². The average molecular weight is 455 g/mol. The van der Waals surface area contributed by atoms with Gasteiger partial charge in [0, 0.05) is 11.8 Å². The number of thioether (sulfide) groups is 1. The highest BCUT2D eigenvalue weighted by molar-refractivity contribution is 8.18. The Balaban J connectivity index is 1.39. The van der Waals surface area contributed by atoms with Crippen molar-refractivity contribution in [1.29, 1.82) is 0 Å². The molecule has 0 spiro atoms. The molecule has 4 rings (SSSR count). The summed E-state index contributed by atoms with van der Waals surface area (Å²) in [4.78, 5) is 38.7. The van der Waals surface area contributed by atoms with E-state index in [0.717, 1.165) is 28.0 Å². The predicted octanol–water partition coefficient (Wildman–Crippen LogP) is 3.92. The molecule has 0 aliphatic carbocycles. The number of anilines is 1. The number of hydrogen-bond acceptors (Lipinski definition) is 7. The van der Waals surface area contributed by atoms with Crippen LogP contribution in [0.5, 0.6) is 17.2 Å². The van der Waals surface area contributed by atoms with Gasteiger partial charge in [0.25, 0.3) is 11.1 Å². The number of rotatable bonds is 6. The number of amides is 3. The van der Waals surface area contributed by atoms with Crippen LogP contribution >= 0.6 is 11.8 Å². The van der Waals surface area contributed by atoms with E-state index < -0.39 is 17.1 Å². The van der Waals surface area contributed by atoms with Gasteiger partial charge in [-0.15, -0.1) is 0 Å². The summed E-state index contributed by atoms with van der Waals surface area (Å²) < 4.78 is 16.6. The topological polar surface area (TPSA) is 94.2 Å². The molecule has 1 N–H and O–H groups in total. The minimum absolute atomic E-state index is 0.0608. The van der Waals surface area contributed by atoms with Crippen LogP contribution in [0.25, 0.3) is 6.08 Å². The number of nitrogens with one attached hydrogen (secondary N) is 1. The Morgan fingerprint density at radius 2 is 1.84 bits per heavy atom. The normalized spacial score (nSPS) is 16.6. The quantitative estimate of drug-likeness (QED) is 0.661. The maximum absolute atomic E-state index is 12.7. The van der Waals surface area contributed by atoms with Crippen LogP contribution in [-0.2, 0) is 9.59 Å². The summed E-state index contributed by atoms with van der Waals surface area (Å²) in [6.45, 7) is 4.40. The molecule has 32 heavy (non-hydrogen) atoms. The summed E-state index contributed by atoms with van der Waals surface area (Å²) in [6, 6.07) is 12.2. The standard InChI is InChI=1S/C23H22N2O6S/c1-14(2)31-17-6-3-15(4-7-17)11-20-22(27)25(23(28)32-20)13-21(26)24-16-5-8-18-19(12-16)30-10-9-29-18/h3-8,11-12,14H,9-10,13H2,1-2H3,(H,24,26)/b20-11-. The highest BCUT2D eigenvalue weighted by atomic mass is 32.2. The van der Waals surface area contributed by atoms with Crippen molar-refractivity contribution in [2.24, 2.45) is 0 Å². The van der Waals surface area contributed by atoms with Crippen LogP contribution < -0.4 is 19.5 Å². The van der Waals surface area contributed by atoms with Crippen LogP contribution in [0.15, 0.2) is 47.4 Å². The van der Waals surface area contributed by atoms with E-state index >= 15 is 0 Å². The van der Waals surface area contributed by atoms with E-state index in [4.69, 9.17) is 14.2 Å². The fraction of sp³-hybridized carbons (Fsp3) is 0.261. The van der Waals surface area contributed by atoms with Gasteiger partial charge in [0.1, 0.15) is 25.5 Å². The highest BCUT2D eigenvalue weighted by Gasteiger charge is 2.36. The van der Waals surface area contributed by atoms with E-state index in [2.05, 4.69) is 5.32 Å². The Bertz CT molecular complexity index is 1080. The van der Waals surface area contributed by atoms with Gasteiger partial charge in [-0.2, -0.15) is 0 Å². The van der Waals surface area contributed by atoms with E-state index in [1.165, 1.54) is 0 Å². The minimum atomic E-state index is -0.500. The van der Waals surface area contributed by atoms with Gasteiger partial charge in [-0.1, -0.05) is 12.1 Å². The number of ether oxygens (including phenoxy) is 3. The lowest BCUT2D eigenvalue weighted by molar-refractivity contribution is -0.127. The number of nitrogens with zero attached hydrogens (tertiary/aromatic N) is 1. The van der Waals surface area contributed by atoms with Crippen LogP contribution in [0, 0.1) is 0 Å². The van der Waals surface area contributed by atoms with Gasteiger partial charge in [-0.25, -0.2) is 0 Å². The maximum Gasteiger partial charge on any atom is 0.294 e. The SMILES string of the molecule is CC(C)Oc1ccc(/C=C2\SC(=O)N(CC(=O)Nc3ccc4c(c3)OCCO4)C2=O)cc1. The molecule has 0 radical (unpaired) electrons. The van der Waals surface area contributed by atoms with E-state index in [-0.39, 0.29) is 17.6 Å². The largest absolute Gasteiger partial charge is 0.491 e. The van der Waals surface area contributed by atoms with Crippen LogP contribution in [0.2, 0.25) is 0 Å². The van der Waals surface area contributed by atoms with Crippen LogP contribution in [0.4, 0.5) is 10.5 Å². The third kappa shape index (κ3) is 5.05. The smallest absolute Gasteiger partial charge is 0.294 e. The Hall–Kier alpha value is -3.46. The molecule has 1 saturated heterocycles. The molecule has 3 amide bonds. The first-order valence-electron chi connectivity index (χ1n) is 10.1. The van der Waals surface area contributed by atoms with Crippen LogP contribution in [-0.4, -0.2) is 47.8 Å². The number of carbonyl (C=O) groups excluding carboxylic acids is 3. The zero-order valence-corrected chi connectivity index (χ0v) is 18.4. The molecule has 2 aromatic rings. The van der Waals surface area contributed by atoms with Gasteiger partial charge in [0.2, 0.25) is 5.91 Å². The van der Waals surface area contributed by atoms with Crippen LogP contribution in [0.3, 0.4) is 0 Å². The third-order valence-corrected chi connectivity index (χ3v) is 5.46. The molecule has 9 heteroatoms. The summed E-state index contributed by atoms with van der Waals surface area (Å²) in [7, 11) is 0. The molecule has 0 bridgehead atoms. The van der Waals surface area contributed by atoms with Crippen molar-refractivity contribution in [2.45, 2.75) is 20.0 Å². The number of fused-ring (bicyclic) bond motifs is 1. The van der Waals surface area contributed by atoms with Crippen molar-refractivity contribution in [2.75, 3.05) is 25.1 Å². The van der Waals surface area contributed by atoms with Crippen molar-refractivity contribution in [1.82, 2.24) is 4.90 Å². The summed E-state index contributed by atoms with van der Waals surface area (Å²) >= 11 is 0.809. The number of hydrogen-bond donors (Lipinski definition) is 1. The first-order chi connectivity index (χ1) is 15.4. The molecule has 2 aliphatic rings. The van der Waals surface area contributed by atoms with Crippen molar-refractivity contribution in [3.63, 3.8) is 0 Å². The zero-order chi connectivity index (χ0) is 22.7. The Kier molecular flexibility index (Phi) is 6.36. The molecule has 2 aliphatic heterocycles. The molecule has 2 heterocycles. The molecular formula is C23H22N2O6S. The fourth-order valence-corrected chi connectivity index (χ4v) is 4.01. The summed E-state index contributed by atoms with van der Waals surface area (Å²) in [5.41, 5.74) is 1.25. The summed E-state index contributed by atoms with van der Waals surface area (Å²) in [5.74, 6) is 0.878. The lowest BCUT2D eigenvalue weighted by atomic mass is 10.2. The number of imide groups is 1. The third-order valence-electron chi connectivity index (χ3n) is 4.55. The van der Waals surface area contributed by atoms with Crippen molar-refractivity contribution >= 4 is 40.6 Å². The van der Waals surface area contributed by atoms with Gasteiger partial charge in [0.15, 0.2) is 11.5 Å². The monoisotopic (exact) mass is 454 g/mol. The van der Waals surface area contributed by atoms with E-state index in [1.54, 1.807) is 48.5 Å². The van der Waals surface area contributed by atoms with Crippen molar-refractivity contribution < 1.29 is 28.6 Å². The molecule has 1 fully saturated rings. The molecule has 0 atom stereocenters. The second kappa shape index (κ2) is 9.35. The Morgan fingerprint density at radius 1 is 1.12 bits per heavy atom. The second-order valence-electron chi connectivity index (χ2n) is 7.41. The van der Waals surface area contributed by atoms with Crippen molar-refractivity contribution in [3.8, 4) is 17.2 Å². The Labute approximate surface area is 189 Å². The molecule has 0 aromatic heterocycles. The van der Waals surface area contributed by atoms with E-state index in [1.807, 2.05) is 13.8 Å². The maximum atomic E-state index is 12.7. The lowest BCUT2D eigenvalue weighted by Crippen LogP contribution is -2.36. The average Bonchev–Trinajstić information content (AvgIpc) is 3.02. The van der Waals surface area contributed by atoms with Gasteiger partial charge < -0.3 is 19.5 Å². The zero-order valence-electron chi connectivity index (χ0n) is 17.6. The molecule has 0 saturated carbocycles. The fourth-order valence-electron chi connectivity index (χ4n) is 3.17. The van der Waals surface area contributed by atoms with Gasteiger partial charge in [-0.05, 0) is 61.5 Å².